The lowest BCUT2D eigenvalue weighted by Gasteiger charge is -2.15. The van der Waals surface area contributed by atoms with E-state index in [-0.39, 0.29) is 4.90 Å². The Balaban J connectivity index is 1.64. The molecule has 2 aromatic carbocycles. The van der Waals surface area contributed by atoms with E-state index in [9.17, 15) is 13.2 Å². The third-order valence-corrected chi connectivity index (χ3v) is 5.60. The molecule has 0 fully saturated rings. The van der Waals surface area contributed by atoms with Gasteiger partial charge in [-0.1, -0.05) is 30.3 Å². The molecule has 8 heteroatoms. The zero-order valence-corrected chi connectivity index (χ0v) is 15.8. The molecular weight excluding hydrogens is 368 g/mol. The van der Waals surface area contributed by atoms with E-state index in [4.69, 9.17) is 9.47 Å². The molecule has 0 aromatic heterocycles. The fourth-order valence-corrected chi connectivity index (χ4v) is 3.82. The highest BCUT2D eigenvalue weighted by atomic mass is 32.2. The zero-order chi connectivity index (χ0) is 19.3. The number of hydrogen-bond acceptors (Lipinski definition) is 5. The van der Waals surface area contributed by atoms with Gasteiger partial charge in [-0.15, -0.1) is 0 Å². The molecule has 7 nitrogen and oxygen atoms in total. The summed E-state index contributed by atoms with van der Waals surface area (Å²) in [5, 5.41) is 2.72. The molecule has 27 heavy (non-hydrogen) atoms. The Morgan fingerprint density at radius 2 is 1.78 bits per heavy atom. The van der Waals surface area contributed by atoms with E-state index in [1.54, 1.807) is 6.07 Å². The number of sulfonamides is 1. The van der Waals surface area contributed by atoms with E-state index in [1.807, 2.05) is 30.3 Å². The van der Waals surface area contributed by atoms with Crippen molar-refractivity contribution in [3.05, 3.63) is 54.1 Å². The van der Waals surface area contributed by atoms with Crippen LogP contribution in [0.2, 0.25) is 0 Å². The number of fused-ring (bicyclic) bond motifs is 1. The lowest BCUT2D eigenvalue weighted by atomic mass is 10.2. The number of benzene rings is 2. The Kier molecular flexibility index (Phi) is 5.98. The molecule has 0 unspecified atom stereocenters. The van der Waals surface area contributed by atoms with E-state index in [0.29, 0.717) is 31.3 Å². The van der Waals surface area contributed by atoms with Crippen molar-refractivity contribution in [2.45, 2.75) is 30.8 Å². The number of carbonyl (C=O) groups is 1. The average molecular weight is 390 g/mol. The summed E-state index contributed by atoms with van der Waals surface area (Å²) in [5.74, 6) is 0.494. The van der Waals surface area contributed by atoms with E-state index < -0.39 is 22.0 Å². The molecule has 3 rings (SSSR count). The van der Waals surface area contributed by atoms with Gasteiger partial charge in [-0.2, -0.15) is 4.72 Å². The van der Waals surface area contributed by atoms with Crippen LogP contribution in [-0.4, -0.2) is 33.6 Å². The minimum Gasteiger partial charge on any atom is -0.490 e. The smallest absolute Gasteiger partial charge is 0.241 e. The van der Waals surface area contributed by atoms with Crippen LogP contribution in [0.5, 0.6) is 11.5 Å². The molecule has 0 saturated heterocycles. The molecule has 2 aromatic rings. The highest BCUT2D eigenvalue weighted by Gasteiger charge is 2.23. The molecule has 1 aliphatic heterocycles. The largest absolute Gasteiger partial charge is 0.490 e. The van der Waals surface area contributed by atoms with Gasteiger partial charge >= 0.3 is 0 Å². The Labute approximate surface area is 158 Å². The summed E-state index contributed by atoms with van der Waals surface area (Å²) in [6, 6.07) is 12.9. The molecular formula is C19H22N2O5S. The predicted octanol–water partition coefficient (Wildman–Crippen LogP) is 1.83. The van der Waals surface area contributed by atoms with Crippen LogP contribution in [0.3, 0.4) is 0 Å². The first-order valence-electron chi connectivity index (χ1n) is 8.69. The zero-order valence-electron chi connectivity index (χ0n) is 15.0. The first-order chi connectivity index (χ1) is 13.0. The maximum atomic E-state index is 12.6. The molecule has 0 bridgehead atoms. The first-order valence-corrected chi connectivity index (χ1v) is 10.2. The predicted molar refractivity (Wildman–Crippen MR) is 100 cm³/mol. The lowest BCUT2D eigenvalue weighted by Crippen LogP contribution is -2.44. The summed E-state index contributed by atoms with van der Waals surface area (Å²) < 4.78 is 38.6. The maximum Gasteiger partial charge on any atom is 0.241 e. The lowest BCUT2D eigenvalue weighted by molar-refractivity contribution is -0.122. The molecule has 1 aliphatic rings. The summed E-state index contributed by atoms with van der Waals surface area (Å²) in [4.78, 5) is 12.2. The molecule has 0 spiro atoms. The SMILES string of the molecule is C[C@H](NS(=O)(=O)c1ccc2c(c1)OCCCO2)C(=O)NCc1ccccc1. The van der Waals surface area contributed by atoms with Gasteiger partial charge in [0, 0.05) is 19.0 Å². The third-order valence-electron chi connectivity index (χ3n) is 4.06. The number of ether oxygens (including phenoxy) is 2. The van der Waals surface area contributed by atoms with E-state index in [0.717, 1.165) is 12.0 Å². The van der Waals surface area contributed by atoms with Crippen LogP contribution >= 0.6 is 0 Å². The van der Waals surface area contributed by atoms with Gasteiger partial charge in [-0.05, 0) is 24.6 Å². The van der Waals surface area contributed by atoms with E-state index in [1.165, 1.54) is 19.1 Å². The molecule has 1 heterocycles. The Hall–Kier alpha value is -2.58. The van der Waals surface area contributed by atoms with Crippen molar-refractivity contribution in [1.82, 2.24) is 10.0 Å². The minimum atomic E-state index is -3.88. The fraction of sp³-hybridized carbons (Fsp3) is 0.316. The van der Waals surface area contributed by atoms with Crippen LogP contribution in [0, 0.1) is 0 Å². The number of hydrogen-bond donors (Lipinski definition) is 2. The van der Waals surface area contributed by atoms with Gasteiger partial charge in [0.2, 0.25) is 15.9 Å². The van der Waals surface area contributed by atoms with Crippen LogP contribution in [0.15, 0.2) is 53.4 Å². The van der Waals surface area contributed by atoms with Gasteiger partial charge in [0.25, 0.3) is 0 Å². The minimum absolute atomic E-state index is 0.0226. The van der Waals surface area contributed by atoms with Crippen molar-refractivity contribution < 1.29 is 22.7 Å². The van der Waals surface area contributed by atoms with Crippen molar-refractivity contribution >= 4 is 15.9 Å². The van der Waals surface area contributed by atoms with Gasteiger partial charge in [-0.25, -0.2) is 8.42 Å². The molecule has 1 atom stereocenters. The van der Waals surface area contributed by atoms with Gasteiger partial charge in [0.15, 0.2) is 11.5 Å². The summed E-state index contributed by atoms with van der Waals surface area (Å²) in [7, 11) is -3.88. The maximum absolute atomic E-state index is 12.6. The van der Waals surface area contributed by atoms with Crippen LogP contribution in [0.25, 0.3) is 0 Å². The van der Waals surface area contributed by atoms with Crippen LogP contribution in [-0.2, 0) is 21.4 Å². The van der Waals surface area contributed by atoms with E-state index in [2.05, 4.69) is 10.0 Å². The van der Waals surface area contributed by atoms with Crippen molar-refractivity contribution in [2.75, 3.05) is 13.2 Å². The topological polar surface area (TPSA) is 93.7 Å². The number of amides is 1. The van der Waals surface area contributed by atoms with Crippen molar-refractivity contribution in [3.8, 4) is 11.5 Å². The van der Waals surface area contributed by atoms with Crippen LogP contribution in [0.1, 0.15) is 18.9 Å². The second-order valence-corrected chi connectivity index (χ2v) is 7.92. The summed E-state index contributed by atoms with van der Waals surface area (Å²) in [5.41, 5.74) is 0.934. The van der Waals surface area contributed by atoms with Gasteiger partial charge < -0.3 is 14.8 Å². The van der Waals surface area contributed by atoms with E-state index >= 15 is 0 Å². The number of rotatable bonds is 6. The summed E-state index contributed by atoms with van der Waals surface area (Å²) in [6.45, 7) is 2.81. The Bertz CT molecular complexity index is 900. The van der Waals surface area contributed by atoms with Gasteiger partial charge in [0.05, 0.1) is 24.2 Å². The normalized spacial score (nSPS) is 14.9. The number of nitrogens with one attached hydrogen (secondary N) is 2. The highest BCUT2D eigenvalue weighted by molar-refractivity contribution is 7.89. The van der Waals surface area contributed by atoms with Gasteiger partial charge in [0.1, 0.15) is 0 Å². The number of carbonyl (C=O) groups excluding carboxylic acids is 1. The Morgan fingerprint density at radius 3 is 2.52 bits per heavy atom. The molecule has 0 saturated carbocycles. The fourth-order valence-electron chi connectivity index (χ4n) is 2.60. The molecule has 0 aliphatic carbocycles. The first kappa shape index (κ1) is 19.2. The molecule has 1 amide bonds. The third kappa shape index (κ3) is 4.99. The highest BCUT2D eigenvalue weighted by Crippen LogP contribution is 2.31. The molecule has 2 N–H and O–H groups in total. The Morgan fingerprint density at radius 1 is 1.07 bits per heavy atom. The van der Waals surface area contributed by atoms with Crippen molar-refractivity contribution in [2.24, 2.45) is 0 Å². The second-order valence-electron chi connectivity index (χ2n) is 6.21. The van der Waals surface area contributed by atoms with Crippen LogP contribution < -0.4 is 19.5 Å². The molecule has 144 valence electrons. The van der Waals surface area contributed by atoms with Crippen molar-refractivity contribution in [1.29, 1.82) is 0 Å². The second kappa shape index (κ2) is 8.41. The summed E-state index contributed by atoms with van der Waals surface area (Å²) >= 11 is 0. The monoisotopic (exact) mass is 390 g/mol. The quantitative estimate of drug-likeness (QED) is 0.785. The standard InChI is InChI=1S/C19H22N2O5S/c1-14(19(22)20-13-15-6-3-2-4-7-15)21-27(23,24)16-8-9-17-18(12-16)26-11-5-10-25-17/h2-4,6-9,12,14,21H,5,10-11,13H2,1H3,(H,20,22)/t14-/m0/s1. The van der Waals surface area contributed by atoms with Crippen molar-refractivity contribution in [3.63, 3.8) is 0 Å². The average Bonchev–Trinajstić information content (AvgIpc) is 2.91. The van der Waals surface area contributed by atoms with Crippen LogP contribution in [0.4, 0.5) is 0 Å². The molecule has 0 radical (unpaired) electrons. The summed E-state index contributed by atoms with van der Waals surface area (Å²) in [6.07, 6.45) is 0.730. The van der Waals surface area contributed by atoms with Gasteiger partial charge in [-0.3, -0.25) is 4.79 Å².